The van der Waals surface area contributed by atoms with Gasteiger partial charge in [0.15, 0.2) is 5.17 Å². The number of carbonyl (C=O) groups is 1. The summed E-state index contributed by atoms with van der Waals surface area (Å²) in [4.78, 5) is 15.9. The number of carbonyl (C=O) groups excluding carboxylic acids is 1. The third-order valence-electron chi connectivity index (χ3n) is 3.44. The van der Waals surface area contributed by atoms with Gasteiger partial charge in [-0.2, -0.15) is 5.10 Å². The van der Waals surface area contributed by atoms with E-state index in [4.69, 9.17) is 0 Å². The first kappa shape index (κ1) is 16.3. The number of benzene rings is 2. The third-order valence-corrected chi connectivity index (χ3v) is 4.32. The van der Waals surface area contributed by atoms with Crippen molar-refractivity contribution >= 4 is 39.9 Å². The zero-order valence-electron chi connectivity index (χ0n) is 13.3. The molecule has 0 aromatic heterocycles. The van der Waals surface area contributed by atoms with Gasteiger partial charge in [0.1, 0.15) is 0 Å². The van der Waals surface area contributed by atoms with Crippen molar-refractivity contribution in [1.82, 2.24) is 5.43 Å². The molecular formula is C18H18N4OS. The SMILES string of the molecule is CCC(=O)Nc1ccc(C2=NNC(=Nc3ccccc3)SC2)cc1. The highest BCUT2D eigenvalue weighted by molar-refractivity contribution is 8.14. The number of nitrogens with one attached hydrogen (secondary N) is 2. The van der Waals surface area contributed by atoms with Crippen molar-refractivity contribution in [1.29, 1.82) is 0 Å². The summed E-state index contributed by atoms with van der Waals surface area (Å²) in [5.41, 5.74) is 6.70. The number of nitrogens with zero attached hydrogens (tertiary/aromatic N) is 2. The van der Waals surface area contributed by atoms with Crippen molar-refractivity contribution in [2.45, 2.75) is 13.3 Å². The van der Waals surface area contributed by atoms with Crippen LogP contribution in [0.4, 0.5) is 11.4 Å². The van der Waals surface area contributed by atoms with Crippen molar-refractivity contribution in [2.24, 2.45) is 10.1 Å². The second-order valence-electron chi connectivity index (χ2n) is 5.19. The number of amides is 1. The van der Waals surface area contributed by atoms with Gasteiger partial charge in [-0.05, 0) is 29.8 Å². The molecule has 0 atom stereocenters. The Morgan fingerprint density at radius 1 is 1.21 bits per heavy atom. The summed E-state index contributed by atoms with van der Waals surface area (Å²) in [6.45, 7) is 1.83. The lowest BCUT2D eigenvalue weighted by Gasteiger charge is -2.15. The van der Waals surface area contributed by atoms with Crippen molar-refractivity contribution in [2.75, 3.05) is 11.1 Å². The van der Waals surface area contributed by atoms with Crippen LogP contribution in [0.25, 0.3) is 0 Å². The zero-order valence-corrected chi connectivity index (χ0v) is 14.1. The van der Waals surface area contributed by atoms with E-state index in [9.17, 15) is 4.79 Å². The Labute approximate surface area is 145 Å². The smallest absolute Gasteiger partial charge is 0.224 e. The monoisotopic (exact) mass is 338 g/mol. The summed E-state index contributed by atoms with van der Waals surface area (Å²) >= 11 is 1.62. The molecule has 2 N–H and O–H groups in total. The minimum absolute atomic E-state index is 0.0109. The Morgan fingerprint density at radius 3 is 2.58 bits per heavy atom. The minimum atomic E-state index is 0.0109. The molecule has 0 radical (unpaired) electrons. The van der Waals surface area contributed by atoms with E-state index < -0.39 is 0 Å². The van der Waals surface area contributed by atoms with E-state index in [1.807, 2.05) is 61.5 Å². The summed E-state index contributed by atoms with van der Waals surface area (Å²) < 4.78 is 0. The first-order valence-corrected chi connectivity index (χ1v) is 8.72. The van der Waals surface area contributed by atoms with Crippen molar-refractivity contribution < 1.29 is 4.79 Å². The Hall–Kier alpha value is -2.60. The molecule has 0 bridgehead atoms. The fourth-order valence-electron chi connectivity index (χ4n) is 2.14. The molecule has 2 aromatic rings. The Bertz CT molecular complexity index is 769. The van der Waals surface area contributed by atoms with Crippen LogP contribution in [-0.4, -0.2) is 22.5 Å². The van der Waals surface area contributed by atoms with Gasteiger partial charge in [-0.3, -0.25) is 10.2 Å². The second-order valence-corrected chi connectivity index (χ2v) is 6.15. The fraction of sp³-hybridized carbons (Fsp3) is 0.167. The molecule has 1 aliphatic heterocycles. The number of hydrogen-bond acceptors (Lipinski definition) is 4. The van der Waals surface area contributed by atoms with Crippen LogP contribution in [0.1, 0.15) is 18.9 Å². The molecule has 5 nitrogen and oxygen atoms in total. The summed E-state index contributed by atoms with van der Waals surface area (Å²) in [6, 6.07) is 17.5. The molecule has 122 valence electrons. The lowest BCUT2D eigenvalue weighted by molar-refractivity contribution is -0.115. The minimum Gasteiger partial charge on any atom is -0.326 e. The zero-order chi connectivity index (χ0) is 16.8. The number of amidine groups is 1. The van der Waals surface area contributed by atoms with Crippen LogP contribution in [0.15, 0.2) is 64.7 Å². The summed E-state index contributed by atoms with van der Waals surface area (Å²) in [6.07, 6.45) is 0.471. The number of hydrazone groups is 1. The standard InChI is InChI=1S/C18H18N4OS/c1-2-17(23)19-15-10-8-13(9-11-15)16-12-24-18(22-21-16)20-14-6-4-3-5-7-14/h3-11H,2,12H2,1H3,(H,19,23)(H,20,22). The normalized spacial score (nSPS) is 15.5. The van der Waals surface area contributed by atoms with Crippen molar-refractivity contribution in [3.8, 4) is 0 Å². The van der Waals surface area contributed by atoms with Crippen LogP contribution in [0, 0.1) is 0 Å². The third kappa shape index (κ3) is 4.23. The molecule has 0 saturated carbocycles. The van der Waals surface area contributed by atoms with Gasteiger partial charge in [-0.25, -0.2) is 4.99 Å². The predicted molar refractivity (Wildman–Crippen MR) is 101 cm³/mol. The summed E-state index contributed by atoms with van der Waals surface area (Å²) in [7, 11) is 0. The van der Waals surface area contributed by atoms with Crippen LogP contribution in [0.3, 0.4) is 0 Å². The molecule has 2 aromatic carbocycles. The van der Waals surface area contributed by atoms with Crippen LogP contribution >= 0.6 is 11.8 Å². The van der Waals surface area contributed by atoms with E-state index in [0.717, 1.165) is 33.6 Å². The van der Waals surface area contributed by atoms with Crippen LogP contribution < -0.4 is 10.7 Å². The molecule has 0 aliphatic carbocycles. The van der Waals surface area contributed by atoms with E-state index in [2.05, 4.69) is 20.8 Å². The molecule has 0 saturated heterocycles. The molecular weight excluding hydrogens is 320 g/mol. The maximum atomic E-state index is 11.4. The first-order valence-electron chi connectivity index (χ1n) is 7.74. The lowest BCUT2D eigenvalue weighted by atomic mass is 10.1. The van der Waals surface area contributed by atoms with Gasteiger partial charge >= 0.3 is 0 Å². The number of anilines is 1. The average Bonchev–Trinajstić information content (AvgIpc) is 2.64. The van der Waals surface area contributed by atoms with Gasteiger partial charge in [0.05, 0.1) is 11.4 Å². The van der Waals surface area contributed by atoms with E-state index in [1.165, 1.54) is 0 Å². The Morgan fingerprint density at radius 2 is 1.96 bits per heavy atom. The van der Waals surface area contributed by atoms with E-state index in [-0.39, 0.29) is 5.91 Å². The predicted octanol–water partition coefficient (Wildman–Crippen LogP) is 3.76. The molecule has 0 unspecified atom stereocenters. The highest BCUT2D eigenvalue weighted by atomic mass is 32.2. The molecule has 1 heterocycles. The Kier molecular flexibility index (Phi) is 5.28. The highest BCUT2D eigenvalue weighted by Crippen LogP contribution is 2.19. The topological polar surface area (TPSA) is 65.8 Å². The number of thioether (sulfide) groups is 1. The number of rotatable bonds is 4. The average molecular weight is 338 g/mol. The Balaban J connectivity index is 1.66. The van der Waals surface area contributed by atoms with E-state index >= 15 is 0 Å². The molecule has 24 heavy (non-hydrogen) atoms. The molecule has 1 amide bonds. The van der Waals surface area contributed by atoms with Gasteiger partial charge in [0.25, 0.3) is 0 Å². The molecule has 0 spiro atoms. The van der Waals surface area contributed by atoms with Crippen LogP contribution in [-0.2, 0) is 4.79 Å². The number of aliphatic imine (C=N–C) groups is 1. The van der Waals surface area contributed by atoms with E-state index in [0.29, 0.717) is 6.42 Å². The van der Waals surface area contributed by atoms with Gasteiger partial charge < -0.3 is 5.32 Å². The fourth-order valence-corrected chi connectivity index (χ4v) is 2.92. The maximum Gasteiger partial charge on any atom is 0.224 e. The van der Waals surface area contributed by atoms with Crippen LogP contribution in [0.5, 0.6) is 0 Å². The summed E-state index contributed by atoms with van der Waals surface area (Å²) in [5, 5.41) is 8.04. The lowest BCUT2D eigenvalue weighted by Crippen LogP contribution is -2.25. The maximum absolute atomic E-state index is 11.4. The van der Waals surface area contributed by atoms with Gasteiger partial charge in [-0.1, -0.05) is 49.0 Å². The summed E-state index contributed by atoms with van der Waals surface area (Å²) in [5.74, 6) is 0.760. The van der Waals surface area contributed by atoms with Crippen molar-refractivity contribution in [3.05, 3.63) is 60.2 Å². The van der Waals surface area contributed by atoms with Crippen molar-refractivity contribution in [3.63, 3.8) is 0 Å². The number of hydrogen-bond donors (Lipinski definition) is 2. The second kappa shape index (κ2) is 7.79. The largest absolute Gasteiger partial charge is 0.326 e. The quantitative estimate of drug-likeness (QED) is 0.892. The molecule has 6 heteroatoms. The van der Waals surface area contributed by atoms with Gasteiger partial charge in [-0.15, -0.1) is 0 Å². The van der Waals surface area contributed by atoms with Crippen LogP contribution in [0.2, 0.25) is 0 Å². The van der Waals surface area contributed by atoms with Gasteiger partial charge in [0.2, 0.25) is 5.91 Å². The molecule has 1 aliphatic rings. The highest BCUT2D eigenvalue weighted by Gasteiger charge is 2.13. The first-order chi connectivity index (χ1) is 11.7. The molecule has 3 rings (SSSR count). The van der Waals surface area contributed by atoms with Gasteiger partial charge in [0, 0.05) is 17.9 Å². The molecule has 0 fully saturated rings. The van der Waals surface area contributed by atoms with E-state index in [1.54, 1.807) is 11.8 Å². The number of para-hydroxylation sites is 1.